The first kappa shape index (κ1) is 54.4. The number of carbonyl (C=O) groups is 2. The molecule has 0 spiro atoms. The van der Waals surface area contributed by atoms with Crippen LogP contribution in [0.3, 0.4) is 0 Å². The van der Waals surface area contributed by atoms with Gasteiger partial charge in [-0.15, -0.1) is 0 Å². The fourth-order valence-electron chi connectivity index (χ4n) is 5.35. The van der Waals surface area contributed by atoms with Crippen molar-refractivity contribution in [2.24, 2.45) is 5.92 Å². The highest BCUT2D eigenvalue weighted by Crippen LogP contribution is 2.43. The predicted octanol–water partition coefficient (Wildman–Crippen LogP) is 10.1. The molecule has 0 aromatic rings. The highest BCUT2D eigenvalue weighted by Gasteiger charge is 2.27. The van der Waals surface area contributed by atoms with E-state index >= 15 is 0 Å². The average molecular weight is 825 g/mol. The van der Waals surface area contributed by atoms with E-state index in [2.05, 4.69) is 73.9 Å². The zero-order chi connectivity index (χ0) is 42.2. The molecule has 0 saturated carbocycles. The maximum absolute atomic E-state index is 12.6. The van der Waals surface area contributed by atoms with Gasteiger partial charge < -0.3 is 29.7 Å². The Labute approximate surface area is 344 Å². The zero-order valence-electron chi connectivity index (χ0n) is 35.3. The number of unbranched alkanes of at least 4 members (excludes halogenated alkanes) is 10. The van der Waals surface area contributed by atoms with Crippen LogP contribution < -0.4 is 0 Å². The minimum Gasteiger partial charge on any atom is -0.462 e. The summed E-state index contributed by atoms with van der Waals surface area (Å²) in [6.45, 7) is 4.28. The Balaban J connectivity index is 4.57. The molecule has 12 heteroatoms. The second-order valence-corrected chi connectivity index (χ2v) is 16.1. The molecule has 0 fully saturated rings. The third kappa shape index (κ3) is 40.0. The fraction of sp³-hybridized carbons (Fsp3) is 0.689. The Bertz CT molecular complexity index is 1210. The Morgan fingerprint density at radius 2 is 1.12 bits per heavy atom. The van der Waals surface area contributed by atoms with Gasteiger partial charge >= 0.3 is 19.8 Å². The van der Waals surface area contributed by atoms with Crippen molar-refractivity contribution in [3.63, 3.8) is 0 Å². The molecule has 11 nitrogen and oxygen atoms in total. The third-order valence-electron chi connectivity index (χ3n) is 8.67. The van der Waals surface area contributed by atoms with Crippen LogP contribution >= 0.6 is 7.82 Å². The Morgan fingerprint density at radius 1 is 0.614 bits per heavy atom. The summed E-state index contributed by atoms with van der Waals surface area (Å²) in [5.74, 6) is -0.425. The SMILES string of the molecule is CC/C=C\C/C=C\C/C=C\C/C=C\C/C=C\C=C/C(O)CCC(=O)O[C@H](COC(=O)CCCCCCCCCCCCCC(C)C)COP(=O)(O)OC[C@@H](O)CO. The van der Waals surface area contributed by atoms with Crippen LogP contribution in [0.25, 0.3) is 0 Å². The molecule has 57 heavy (non-hydrogen) atoms. The van der Waals surface area contributed by atoms with Crippen LogP contribution in [0.2, 0.25) is 0 Å². The van der Waals surface area contributed by atoms with Crippen molar-refractivity contribution in [1.82, 2.24) is 0 Å². The number of hydrogen-bond donors (Lipinski definition) is 4. The molecule has 0 heterocycles. The highest BCUT2D eigenvalue weighted by molar-refractivity contribution is 7.47. The lowest BCUT2D eigenvalue weighted by molar-refractivity contribution is -0.161. The maximum atomic E-state index is 12.6. The van der Waals surface area contributed by atoms with Crippen LogP contribution in [0.4, 0.5) is 0 Å². The van der Waals surface area contributed by atoms with Crippen LogP contribution in [0.5, 0.6) is 0 Å². The smallest absolute Gasteiger partial charge is 0.462 e. The first-order valence-corrected chi connectivity index (χ1v) is 22.9. The molecule has 0 rings (SSSR count). The number of aliphatic hydroxyl groups is 3. The summed E-state index contributed by atoms with van der Waals surface area (Å²) in [7, 11) is -4.69. The van der Waals surface area contributed by atoms with E-state index in [9.17, 15) is 29.3 Å². The number of phosphoric acid groups is 1. The van der Waals surface area contributed by atoms with Gasteiger partial charge in [0.25, 0.3) is 0 Å². The molecular formula is C45H77O11P. The number of aliphatic hydroxyl groups excluding tert-OH is 3. The molecule has 0 saturated heterocycles. The van der Waals surface area contributed by atoms with E-state index in [1.807, 2.05) is 12.2 Å². The molecule has 0 aliphatic rings. The van der Waals surface area contributed by atoms with Crippen LogP contribution in [-0.4, -0.2) is 76.9 Å². The lowest BCUT2D eigenvalue weighted by atomic mass is 10.0. The van der Waals surface area contributed by atoms with Gasteiger partial charge in [-0.1, -0.05) is 164 Å². The van der Waals surface area contributed by atoms with E-state index in [1.165, 1.54) is 51.4 Å². The van der Waals surface area contributed by atoms with E-state index in [0.717, 1.165) is 57.3 Å². The molecular weight excluding hydrogens is 747 g/mol. The minimum atomic E-state index is -4.69. The van der Waals surface area contributed by atoms with Crippen molar-refractivity contribution in [1.29, 1.82) is 0 Å². The van der Waals surface area contributed by atoms with Crippen molar-refractivity contribution in [2.75, 3.05) is 26.4 Å². The van der Waals surface area contributed by atoms with Gasteiger partial charge in [-0.3, -0.25) is 18.6 Å². The molecule has 0 aromatic heterocycles. The van der Waals surface area contributed by atoms with Crippen molar-refractivity contribution in [3.05, 3.63) is 72.9 Å². The Kier molecular flexibility index (Phi) is 37.1. The van der Waals surface area contributed by atoms with Crippen LogP contribution in [0.15, 0.2) is 72.9 Å². The van der Waals surface area contributed by atoms with Gasteiger partial charge in [0.05, 0.1) is 25.9 Å². The molecule has 4 N–H and O–H groups in total. The summed E-state index contributed by atoms with van der Waals surface area (Å²) in [5, 5.41) is 28.6. The zero-order valence-corrected chi connectivity index (χ0v) is 36.2. The quantitative estimate of drug-likeness (QED) is 0.0154. The van der Waals surface area contributed by atoms with Gasteiger partial charge in [0.1, 0.15) is 12.7 Å². The van der Waals surface area contributed by atoms with Crippen molar-refractivity contribution < 1.29 is 52.9 Å². The number of phosphoric ester groups is 1. The van der Waals surface area contributed by atoms with Crippen molar-refractivity contribution >= 4 is 19.8 Å². The standard InChI is InChI=1S/C45H77O11P/c1-4-5-6-7-8-9-10-11-12-13-14-17-20-23-26-29-32-41(47)34-35-45(50)56-43(39-55-57(51,52)54-37-42(48)36-46)38-53-44(49)33-30-27-24-21-18-15-16-19-22-25-28-31-40(2)3/h5-6,8-9,11-12,14,17,23,26,29,32,40-43,46-48H,4,7,10,13,15-16,18-22,24-25,27-28,30-31,33-39H2,1-3H3,(H,51,52)/b6-5-,9-8-,12-11-,17-14-,26-23-,32-29-/t41?,42-,43+/m0/s1. The monoisotopic (exact) mass is 825 g/mol. The van der Waals surface area contributed by atoms with Gasteiger partial charge in [-0.05, 0) is 50.9 Å². The normalized spacial score (nSPS) is 15.2. The van der Waals surface area contributed by atoms with E-state index in [4.69, 9.17) is 19.1 Å². The van der Waals surface area contributed by atoms with E-state index in [1.54, 1.807) is 12.2 Å². The second kappa shape index (κ2) is 38.9. The lowest BCUT2D eigenvalue weighted by Gasteiger charge is -2.20. The molecule has 0 radical (unpaired) electrons. The molecule has 0 aliphatic heterocycles. The number of carbonyl (C=O) groups excluding carboxylic acids is 2. The molecule has 0 bridgehead atoms. The summed E-state index contributed by atoms with van der Waals surface area (Å²) < 4.78 is 32.5. The molecule has 0 aliphatic carbocycles. The van der Waals surface area contributed by atoms with Crippen LogP contribution in [0.1, 0.15) is 149 Å². The third-order valence-corrected chi connectivity index (χ3v) is 9.62. The first-order valence-electron chi connectivity index (χ1n) is 21.4. The van der Waals surface area contributed by atoms with Crippen molar-refractivity contribution in [3.8, 4) is 0 Å². The fourth-order valence-corrected chi connectivity index (χ4v) is 6.14. The number of hydrogen-bond acceptors (Lipinski definition) is 10. The lowest BCUT2D eigenvalue weighted by Crippen LogP contribution is -2.30. The largest absolute Gasteiger partial charge is 0.472 e. The number of ether oxygens (including phenoxy) is 2. The van der Waals surface area contributed by atoms with Crippen molar-refractivity contribution in [2.45, 2.75) is 167 Å². The topological polar surface area (TPSA) is 169 Å². The maximum Gasteiger partial charge on any atom is 0.472 e. The average Bonchev–Trinajstić information content (AvgIpc) is 3.18. The second-order valence-electron chi connectivity index (χ2n) is 14.7. The summed E-state index contributed by atoms with van der Waals surface area (Å²) >= 11 is 0. The van der Waals surface area contributed by atoms with E-state index < -0.39 is 64.5 Å². The number of rotatable bonds is 38. The Morgan fingerprint density at radius 3 is 1.67 bits per heavy atom. The van der Waals surface area contributed by atoms with Gasteiger partial charge in [0.15, 0.2) is 6.10 Å². The van der Waals surface area contributed by atoms with Gasteiger partial charge in [0, 0.05) is 12.8 Å². The summed E-state index contributed by atoms with van der Waals surface area (Å²) in [5.41, 5.74) is 0. The number of esters is 2. The molecule has 328 valence electrons. The predicted molar refractivity (Wildman–Crippen MR) is 229 cm³/mol. The molecule has 2 unspecified atom stereocenters. The number of allylic oxidation sites excluding steroid dienone is 11. The van der Waals surface area contributed by atoms with Crippen LogP contribution in [0, 0.1) is 5.92 Å². The first-order chi connectivity index (χ1) is 27.5. The van der Waals surface area contributed by atoms with Gasteiger partial charge in [0.2, 0.25) is 0 Å². The molecule has 4 atom stereocenters. The minimum absolute atomic E-state index is 0.0620. The van der Waals surface area contributed by atoms with Gasteiger partial charge in [-0.2, -0.15) is 0 Å². The summed E-state index contributed by atoms with van der Waals surface area (Å²) in [6.07, 6.45) is 39.2. The van der Waals surface area contributed by atoms with Crippen LogP contribution in [-0.2, 0) is 32.7 Å². The summed E-state index contributed by atoms with van der Waals surface area (Å²) in [4.78, 5) is 35.0. The highest BCUT2D eigenvalue weighted by atomic mass is 31.2. The van der Waals surface area contributed by atoms with Gasteiger partial charge in [-0.25, -0.2) is 4.57 Å². The molecule has 0 amide bonds. The summed E-state index contributed by atoms with van der Waals surface area (Å²) in [6, 6.07) is 0. The van der Waals surface area contributed by atoms with E-state index in [-0.39, 0.29) is 19.3 Å². The van der Waals surface area contributed by atoms with E-state index in [0.29, 0.717) is 6.42 Å². The Hall–Kier alpha value is -2.63. The molecule has 0 aromatic carbocycles.